The standard InChI is InChI=1S/C23H23NO6S2/c1-24(20-9-4-2-5-10-20)32(28,29)22-15-13-19(14-16-22)23(25)30-17-8-18-31(26,27)21-11-6-3-7-12-21/h2-7,9-16H,8,17-18H2,1H3. The average Bonchev–Trinajstić information content (AvgIpc) is 2.82. The van der Waals surface area contributed by atoms with Gasteiger partial charge < -0.3 is 4.74 Å². The van der Waals surface area contributed by atoms with Crippen LogP contribution in [0.3, 0.4) is 0 Å². The summed E-state index contributed by atoms with van der Waals surface area (Å²) in [7, 11) is -5.77. The Hall–Kier alpha value is -3.17. The molecule has 0 aliphatic rings. The molecule has 0 aliphatic carbocycles. The van der Waals surface area contributed by atoms with E-state index >= 15 is 0 Å². The van der Waals surface area contributed by atoms with E-state index in [0.29, 0.717) is 5.69 Å². The van der Waals surface area contributed by atoms with Crippen molar-refractivity contribution in [2.75, 3.05) is 23.7 Å². The number of rotatable bonds is 9. The van der Waals surface area contributed by atoms with E-state index < -0.39 is 25.8 Å². The van der Waals surface area contributed by atoms with Crippen molar-refractivity contribution in [3.63, 3.8) is 0 Å². The molecule has 0 radical (unpaired) electrons. The fraction of sp³-hybridized carbons (Fsp3) is 0.174. The second kappa shape index (κ2) is 9.97. The summed E-state index contributed by atoms with van der Waals surface area (Å²) in [6.45, 7) is -0.0678. The second-order valence-corrected chi connectivity index (χ2v) is 11.0. The topological polar surface area (TPSA) is 97.8 Å². The number of sulfonamides is 1. The summed E-state index contributed by atoms with van der Waals surface area (Å²) in [6.07, 6.45) is 0.150. The highest BCUT2D eigenvalue weighted by Crippen LogP contribution is 2.22. The Morgan fingerprint density at radius 3 is 1.94 bits per heavy atom. The number of para-hydroxylation sites is 1. The van der Waals surface area contributed by atoms with Crippen LogP contribution in [0.15, 0.2) is 94.7 Å². The molecule has 0 saturated carbocycles. The van der Waals surface area contributed by atoms with Gasteiger partial charge in [0.25, 0.3) is 10.0 Å². The van der Waals surface area contributed by atoms with Crippen LogP contribution in [0.1, 0.15) is 16.8 Å². The summed E-state index contributed by atoms with van der Waals surface area (Å²) < 4.78 is 56.3. The number of hydrogen-bond donors (Lipinski definition) is 0. The minimum atomic E-state index is -3.78. The lowest BCUT2D eigenvalue weighted by Gasteiger charge is -2.19. The van der Waals surface area contributed by atoms with Gasteiger partial charge in [0.2, 0.25) is 0 Å². The summed E-state index contributed by atoms with van der Waals surface area (Å²) >= 11 is 0. The highest BCUT2D eigenvalue weighted by molar-refractivity contribution is 7.92. The van der Waals surface area contributed by atoms with Gasteiger partial charge >= 0.3 is 5.97 Å². The lowest BCUT2D eigenvalue weighted by Crippen LogP contribution is -2.26. The van der Waals surface area contributed by atoms with E-state index in [1.807, 2.05) is 0 Å². The Labute approximate surface area is 188 Å². The van der Waals surface area contributed by atoms with Crippen LogP contribution in [-0.4, -0.2) is 42.2 Å². The molecule has 0 heterocycles. The number of ether oxygens (including phenoxy) is 1. The summed E-state index contributed by atoms with van der Waals surface area (Å²) in [5.41, 5.74) is 0.693. The predicted molar refractivity (Wildman–Crippen MR) is 122 cm³/mol. The second-order valence-electron chi connectivity index (χ2n) is 6.95. The van der Waals surface area contributed by atoms with Crippen molar-refractivity contribution in [1.82, 2.24) is 0 Å². The normalized spacial score (nSPS) is 11.7. The Bertz CT molecular complexity index is 1260. The molecule has 0 amide bonds. The van der Waals surface area contributed by atoms with E-state index in [9.17, 15) is 21.6 Å². The molecule has 0 fully saturated rings. The van der Waals surface area contributed by atoms with Crippen LogP contribution in [0.5, 0.6) is 0 Å². The summed E-state index contributed by atoms with van der Waals surface area (Å²) in [5.74, 6) is -0.796. The number of carbonyl (C=O) groups is 1. The van der Waals surface area contributed by atoms with Gasteiger partial charge in [-0.3, -0.25) is 4.31 Å². The third-order valence-corrected chi connectivity index (χ3v) is 8.38. The lowest BCUT2D eigenvalue weighted by atomic mass is 10.2. The van der Waals surface area contributed by atoms with Crippen LogP contribution in [0.25, 0.3) is 0 Å². The van der Waals surface area contributed by atoms with Gasteiger partial charge in [-0.2, -0.15) is 0 Å². The quantitative estimate of drug-likeness (QED) is 0.348. The van der Waals surface area contributed by atoms with Gasteiger partial charge in [-0.15, -0.1) is 0 Å². The van der Waals surface area contributed by atoms with E-state index in [-0.39, 0.29) is 34.1 Å². The Morgan fingerprint density at radius 2 is 1.34 bits per heavy atom. The molecule has 0 N–H and O–H groups in total. The maximum absolute atomic E-state index is 12.8. The van der Waals surface area contributed by atoms with E-state index in [0.717, 1.165) is 4.31 Å². The van der Waals surface area contributed by atoms with Crippen molar-refractivity contribution in [1.29, 1.82) is 0 Å². The highest BCUT2D eigenvalue weighted by atomic mass is 32.2. The molecule has 3 aromatic carbocycles. The molecule has 7 nitrogen and oxygen atoms in total. The van der Waals surface area contributed by atoms with Gasteiger partial charge in [0.1, 0.15) is 0 Å². The van der Waals surface area contributed by atoms with Crippen LogP contribution >= 0.6 is 0 Å². The molecule has 3 aromatic rings. The number of benzene rings is 3. The smallest absolute Gasteiger partial charge is 0.338 e. The molecule has 32 heavy (non-hydrogen) atoms. The first-order valence-electron chi connectivity index (χ1n) is 9.81. The van der Waals surface area contributed by atoms with Crippen LogP contribution in [0.2, 0.25) is 0 Å². The van der Waals surface area contributed by atoms with E-state index in [4.69, 9.17) is 4.74 Å². The van der Waals surface area contributed by atoms with Crippen LogP contribution in [0.4, 0.5) is 5.69 Å². The van der Waals surface area contributed by atoms with Gasteiger partial charge in [0.05, 0.1) is 33.4 Å². The maximum Gasteiger partial charge on any atom is 0.338 e. The first kappa shape index (κ1) is 23.5. The van der Waals surface area contributed by atoms with Gasteiger partial charge in [-0.05, 0) is 55.0 Å². The highest BCUT2D eigenvalue weighted by Gasteiger charge is 2.22. The zero-order chi connectivity index (χ0) is 23.2. The van der Waals surface area contributed by atoms with Gasteiger partial charge in [-0.25, -0.2) is 21.6 Å². The number of sulfone groups is 1. The first-order chi connectivity index (χ1) is 15.2. The average molecular weight is 474 g/mol. The van der Waals surface area contributed by atoms with Gasteiger partial charge in [0, 0.05) is 7.05 Å². The first-order valence-corrected chi connectivity index (χ1v) is 12.9. The molecule has 168 valence electrons. The number of esters is 1. The molecule has 0 aliphatic heterocycles. The molecule has 0 spiro atoms. The summed E-state index contributed by atoms with van der Waals surface area (Å²) in [4.78, 5) is 12.5. The Balaban J connectivity index is 1.57. The number of nitrogens with zero attached hydrogens (tertiary/aromatic N) is 1. The predicted octanol–water partition coefficient (Wildman–Crippen LogP) is 3.53. The monoisotopic (exact) mass is 473 g/mol. The van der Waals surface area contributed by atoms with Gasteiger partial charge in [0.15, 0.2) is 9.84 Å². The summed E-state index contributed by atoms with van der Waals surface area (Å²) in [5, 5.41) is 0. The zero-order valence-electron chi connectivity index (χ0n) is 17.4. The minimum Gasteiger partial charge on any atom is -0.462 e. The van der Waals surface area contributed by atoms with E-state index in [1.54, 1.807) is 48.5 Å². The van der Waals surface area contributed by atoms with Crippen molar-refractivity contribution < 1.29 is 26.4 Å². The molecule has 0 unspecified atom stereocenters. The van der Waals surface area contributed by atoms with E-state index in [2.05, 4.69) is 0 Å². The molecular formula is C23H23NO6S2. The van der Waals surface area contributed by atoms with Crippen LogP contribution < -0.4 is 4.31 Å². The fourth-order valence-corrected chi connectivity index (χ4v) is 5.44. The fourth-order valence-electron chi connectivity index (χ4n) is 2.94. The maximum atomic E-state index is 12.8. The number of hydrogen-bond acceptors (Lipinski definition) is 6. The lowest BCUT2D eigenvalue weighted by molar-refractivity contribution is 0.0505. The third kappa shape index (κ3) is 5.54. The van der Waals surface area contributed by atoms with E-state index in [1.165, 1.54) is 43.4 Å². The Morgan fingerprint density at radius 1 is 0.781 bits per heavy atom. The van der Waals surface area contributed by atoms with Crippen LogP contribution in [0, 0.1) is 0 Å². The molecule has 0 atom stereocenters. The molecule has 0 aromatic heterocycles. The van der Waals surface area contributed by atoms with Gasteiger partial charge in [-0.1, -0.05) is 36.4 Å². The van der Waals surface area contributed by atoms with Crippen molar-refractivity contribution in [2.24, 2.45) is 0 Å². The van der Waals surface area contributed by atoms with Crippen LogP contribution in [-0.2, 0) is 24.6 Å². The van der Waals surface area contributed by atoms with Crippen molar-refractivity contribution in [3.8, 4) is 0 Å². The molecule has 0 bridgehead atoms. The Kier molecular flexibility index (Phi) is 7.32. The molecule has 9 heteroatoms. The minimum absolute atomic E-state index is 0.0364. The number of anilines is 1. The number of carbonyl (C=O) groups excluding carboxylic acids is 1. The van der Waals surface area contributed by atoms with Crippen molar-refractivity contribution in [2.45, 2.75) is 16.2 Å². The molecular weight excluding hydrogens is 450 g/mol. The zero-order valence-corrected chi connectivity index (χ0v) is 19.1. The summed E-state index contributed by atoms with van der Waals surface area (Å²) in [6, 6.07) is 22.1. The van der Waals surface area contributed by atoms with Crippen molar-refractivity contribution >= 4 is 31.5 Å². The SMILES string of the molecule is CN(c1ccccc1)S(=O)(=O)c1ccc(C(=O)OCCCS(=O)(=O)c2ccccc2)cc1. The molecule has 3 rings (SSSR count). The van der Waals surface area contributed by atoms with Crippen molar-refractivity contribution in [3.05, 3.63) is 90.5 Å². The third-order valence-electron chi connectivity index (χ3n) is 4.76. The molecule has 0 saturated heterocycles. The largest absolute Gasteiger partial charge is 0.462 e.